The average molecular weight is 524 g/mol. The molecular weight excluding hydrogens is 497 g/mol. The molecule has 2 aromatic heterocycles. The molecule has 0 radical (unpaired) electrons. The number of carbonyl (C=O) groups is 1. The number of thiocarbonyl (C=S) groups is 1. The Hall–Kier alpha value is -3.08. The minimum Gasteiger partial charge on any atom is -0.353 e. The summed E-state index contributed by atoms with van der Waals surface area (Å²) in [6.45, 7) is 8.53. The second-order valence-electron chi connectivity index (χ2n) is 8.85. The van der Waals surface area contributed by atoms with E-state index < -0.39 is 0 Å². The number of fused-ring (bicyclic) bond motifs is 1. The third-order valence-electron chi connectivity index (χ3n) is 6.59. The van der Waals surface area contributed by atoms with E-state index in [1.807, 2.05) is 19.1 Å². The van der Waals surface area contributed by atoms with Crippen molar-refractivity contribution < 1.29 is 9.18 Å². The first-order valence-corrected chi connectivity index (χ1v) is 13.1. The molecule has 0 unspecified atom stereocenters. The summed E-state index contributed by atoms with van der Waals surface area (Å²) in [5.41, 5.74) is 2.44. The second kappa shape index (κ2) is 10.1. The Morgan fingerprint density at radius 3 is 2.53 bits per heavy atom. The van der Waals surface area contributed by atoms with E-state index in [-0.39, 0.29) is 23.8 Å². The van der Waals surface area contributed by atoms with Crippen molar-refractivity contribution in [3.05, 3.63) is 80.4 Å². The van der Waals surface area contributed by atoms with Gasteiger partial charge in [-0.1, -0.05) is 49.1 Å². The molecule has 0 spiro atoms. The Kier molecular flexibility index (Phi) is 6.92. The van der Waals surface area contributed by atoms with Gasteiger partial charge in [0.1, 0.15) is 21.6 Å². The summed E-state index contributed by atoms with van der Waals surface area (Å²) in [5, 5.41) is 0. The average Bonchev–Trinajstić information content (AvgIpc) is 3.14. The zero-order valence-electron chi connectivity index (χ0n) is 20.1. The van der Waals surface area contributed by atoms with Crippen LogP contribution in [0.3, 0.4) is 0 Å². The number of halogens is 1. The topological polar surface area (TPSA) is 61.2 Å². The molecule has 0 N–H and O–H groups in total. The van der Waals surface area contributed by atoms with Crippen molar-refractivity contribution in [2.45, 2.75) is 20.4 Å². The normalized spacial score (nSPS) is 18.1. The first-order chi connectivity index (χ1) is 17.4. The molecule has 0 bridgehead atoms. The van der Waals surface area contributed by atoms with Crippen LogP contribution in [0.2, 0.25) is 0 Å². The molecule has 10 heteroatoms. The molecule has 0 aliphatic carbocycles. The number of thioether (sulfide) groups is 1. The van der Waals surface area contributed by atoms with Crippen LogP contribution < -0.4 is 10.5 Å². The van der Waals surface area contributed by atoms with E-state index in [2.05, 4.69) is 16.7 Å². The van der Waals surface area contributed by atoms with Gasteiger partial charge in [-0.3, -0.25) is 18.9 Å². The molecule has 4 heterocycles. The van der Waals surface area contributed by atoms with Crippen molar-refractivity contribution in [2.75, 3.05) is 37.6 Å². The molecule has 3 aromatic rings. The van der Waals surface area contributed by atoms with Gasteiger partial charge in [0.2, 0.25) is 0 Å². The first-order valence-electron chi connectivity index (χ1n) is 11.8. The van der Waals surface area contributed by atoms with Crippen LogP contribution in [0.1, 0.15) is 23.6 Å². The lowest BCUT2D eigenvalue weighted by Gasteiger charge is -2.35. The highest BCUT2D eigenvalue weighted by atomic mass is 32.2. The fourth-order valence-electron chi connectivity index (χ4n) is 4.48. The lowest BCUT2D eigenvalue weighted by atomic mass is 10.2. The Morgan fingerprint density at radius 1 is 1.11 bits per heavy atom. The smallest absolute Gasteiger partial charge is 0.267 e. The maximum absolute atomic E-state index is 13.7. The van der Waals surface area contributed by atoms with Crippen LogP contribution in [-0.4, -0.2) is 62.1 Å². The van der Waals surface area contributed by atoms with Gasteiger partial charge in [-0.15, -0.1) is 0 Å². The molecule has 7 nitrogen and oxygen atoms in total. The predicted octanol–water partition coefficient (Wildman–Crippen LogP) is 3.69. The van der Waals surface area contributed by atoms with Crippen molar-refractivity contribution >= 4 is 51.7 Å². The summed E-state index contributed by atoms with van der Waals surface area (Å²) >= 11 is 6.65. The van der Waals surface area contributed by atoms with E-state index in [1.165, 1.54) is 33.2 Å². The van der Waals surface area contributed by atoms with Crippen molar-refractivity contribution in [1.29, 1.82) is 0 Å². The fourth-order valence-corrected chi connectivity index (χ4v) is 5.72. The van der Waals surface area contributed by atoms with Crippen molar-refractivity contribution in [3.63, 3.8) is 0 Å². The number of amides is 1. The number of piperazine rings is 1. The molecule has 0 saturated carbocycles. The minimum absolute atomic E-state index is 0.222. The Morgan fingerprint density at radius 2 is 1.83 bits per heavy atom. The summed E-state index contributed by atoms with van der Waals surface area (Å²) in [4.78, 5) is 38.3. The third-order valence-corrected chi connectivity index (χ3v) is 7.96. The molecule has 186 valence electrons. The van der Waals surface area contributed by atoms with Gasteiger partial charge in [-0.2, -0.15) is 0 Å². The summed E-state index contributed by atoms with van der Waals surface area (Å²) in [5.74, 6) is -0.0190. The monoisotopic (exact) mass is 523 g/mol. The zero-order chi connectivity index (χ0) is 25.4. The predicted molar refractivity (Wildman–Crippen MR) is 146 cm³/mol. The van der Waals surface area contributed by atoms with Crippen LogP contribution >= 0.6 is 24.0 Å². The van der Waals surface area contributed by atoms with Crippen molar-refractivity contribution in [1.82, 2.24) is 19.2 Å². The number of likely N-dealkylation sites (N-methyl/N-ethyl adjacent to an activating group) is 1. The van der Waals surface area contributed by atoms with Crippen LogP contribution in [0.5, 0.6) is 0 Å². The number of anilines is 1. The zero-order valence-corrected chi connectivity index (χ0v) is 21.7. The second-order valence-corrected chi connectivity index (χ2v) is 10.5. The number of hydrogen-bond acceptors (Lipinski definition) is 7. The molecule has 0 atom stereocenters. The number of benzene rings is 1. The van der Waals surface area contributed by atoms with Gasteiger partial charge in [-0.05, 0) is 48.9 Å². The number of hydrogen-bond donors (Lipinski definition) is 0. The molecule has 2 saturated heterocycles. The SMILES string of the molecule is CCN1CCN(c2nc3c(C)cccn3c(=O)c2/C=C2\SC(=S)N(Cc3ccc(F)cc3)C2=O)CC1. The Balaban J connectivity index is 1.54. The number of carbonyl (C=O) groups excluding carboxylic acids is 1. The van der Waals surface area contributed by atoms with Gasteiger partial charge in [-0.25, -0.2) is 9.37 Å². The van der Waals surface area contributed by atoms with Gasteiger partial charge >= 0.3 is 0 Å². The first kappa shape index (κ1) is 24.6. The highest BCUT2D eigenvalue weighted by Gasteiger charge is 2.33. The van der Waals surface area contributed by atoms with E-state index in [4.69, 9.17) is 17.2 Å². The van der Waals surface area contributed by atoms with E-state index in [0.717, 1.165) is 43.9 Å². The lowest BCUT2D eigenvalue weighted by Crippen LogP contribution is -2.47. The maximum Gasteiger partial charge on any atom is 0.267 e. The highest BCUT2D eigenvalue weighted by molar-refractivity contribution is 8.26. The lowest BCUT2D eigenvalue weighted by molar-refractivity contribution is -0.122. The van der Waals surface area contributed by atoms with Gasteiger partial charge in [0.05, 0.1) is 17.0 Å². The van der Waals surface area contributed by atoms with Crippen LogP contribution in [0.25, 0.3) is 11.7 Å². The summed E-state index contributed by atoms with van der Waals surface area (Å²) in [6.07, 6.45) is 3.34. The van der Waals surface area contributed by atoms with Crippen molar-refractivity contribution in [2.24, 2.45) is 0 Å². The highest BCUT2D eigenvalue weighted by Crippen LogP contribution is 2.34. The molecule has 5 rings (SSSR count). The number of nitrogens with zero attached hydrogens (tertiary/aromatic N) is 5. The summed E-state index contributed by atoms with van der Waals surface area (Å²) < 4.78 is 15.2. The van der Waals surface area contributed by atoms with Crippen molar-refractivity contribution in [3.8, 4) is 0 Å². The van der Waals surface area contributed by atoms with Crippen LogP contribution in [0, 0.1) is 12.7 Å². The van der Waals surface area contributed by atoms with E-state index >= 15 is 0 Å². The molecule has 1 aromatic carbocycles. The number of rotatable bonds is 5. The van der Waals surface area contributed by atoms with Gasteiger partial charge in [0.25, 0.3) is 11.5 Å². The largest absolute Gasteiger partial charge is 0.353 e. The summed E-state index contributed by atoms with van der Waals surface area (Å²) in [6, 6.07) is 9.73. The molecule has 2 aliphatic rings. The van der Waals surface area contributed by atoms with Gasteiger partial charge in [0.15, 0.2) is 0 Å². The number of aryl methyl sites for hydroxylation is 1. The maximum atomic E-state index is 13.7. The fraction of sp³-hybridized carbons (Fsp3) is 0.308. The number of aromatic nitrogens is 2. The van der Waals surface area contributed by atoms with Gasteiger partial charge < -0.3 is 9.80 Å². The minimum atomic E-state index is -0.337. The summed E-state index contributed by atoms with van der Waals surface area (Å²) in [7, 11) is 0. The van der Waals surface area contributed by atoms with Crippen LogP contribution in [0.4, 0.5) is 10.2 Å². The third kappa shape index (κ3) is 4.68. The Labute approximate surface area is 218 Å². The molecule has 2 fully saturated rings. The Bertz CT molecular complexity index is 1430. The molecular formula is C26H26FN5O2S2. The molecule has 2 aliphatic heterocycles. The quantitative estimate of drug-likeness (QED) is 0.374. The van der Waals surface area contributed by atoms with E-state index in [0.29, 0.717) is 26.3 Å². The molecule has 1 amide bonds. The van der Waals surface area contributed by atoms with Crippen LogP contribution in [0.15, 0.2) is 52.3 Å². The van der Waals surface area contributed by atoms with Crippen LogP contribution in [-0.2, 0) is 11.3 Å². The van der Waals surface area contributed by atoms with E-state index in [9.17, 15) is 14.0 Å². The van der Waals surface area contributed by atoms with E-state index in [1.54, 1.807) is 24.4 Å². The number of pyridine rings is 1. The standard InChI is InChI=1S/C26H26FN5O2S2/c1-3-29-11-13-30(14-12-29)23-20(24(33)31-10-4-5-17(2)22(31)28-23)15-21-25(34)32(26(35)36-21)16-18-6-8-19(27)9-7-18/h4-10,15H,3,11-14,16H2,1-2H3/b21-15-. The van der Waals surface area contributed by atoms with Gasteiger partial charge in [0, 0.05) is 32.4 Å². The molecule has 36 heavy (non-hydrogen) atoms.